The van der Waals surface area contributed by atoms with E-state index in [1.54, 1.807) is 4.90 Å². The number of benzene rings is 2. The third kappa shape index (κ3) is 5.93. The minimum absolute atomic E-state index is 0.0861. The van der Waals surface area contributed by atoms with Gasteiger partial charge in [-0.15, -0.1) is 0 Å². The minimum Gasteiger partial charge on any atom is -0.343 e. The first-order valence-corrected chi connectivity index (χ1v) is 17.0. The summed E-state index contributed by atoms with van der Waals surface area (Å²) in [6.45, 7) is -0.457. The van der Waals surface area contributed by atoms with Crippen molar-refractivity contribution < 1.29 is 31.6 Å². The first-order valence-electron chi connectivity index (χ1n) is 14.8. The maximum absolute atomic E-state index is 14.3. The molecule has 44 heavy (non-hydrogen) atoms. The molecule has 2 aromatic rings. The van der Waals surface area contributed by atoms with Crippen LogP contribution in [0.1, 0.15) is 50.5 Å². The molecule has 2 saturated carbocycles. The molecule has 2 aliphatic heterocycles. The van der Waals surface area contributed by atoms with Crippen molar-refractivity contribution in [3.8, 4) is 0 Å². The fourth-order valence-electron chi connectivity index (χ4n) is 6.58. The molecule has 236 valence electrons. The van der Waals surface area contributed by atoms with Crippen LogP contribution in [0.2, 0.25) is 10.0 Å². The minimum atomic E-state index is -4.40. The number of rotatable bonds is 7. The third-order valence-electron chi connectivity index (χ3n) is 9.01. The summed E-state index contributed by atoms with van der Waals surface area (Å²) in [4.78, 5) is 44.0. The lowest BCUT2D eigenvalue weighted by Crippen LogP contribution is -2.76. The second kappa shape index (κ2) is 12.2. The van der Waals surface area contributed by atoms with Gasteiger partial charge in [-0.3, -0.25) is 14.4 Å². The van der Waals surface area contributed by atoms with E-state index in [4.69, 9.17) is 23.2 Å². The molecule has 0 bridgehead atoms. The van der Waals surface area contributed by atoms with Crippen molar-refractivity contribution in [1.29, 1.82) is 0 Å². The Bertz CT molecular complexity index is 1600. The number of hydrogen-bond donors (Lipinski definition) is 1. The van der Waals surface area contributed by atoms with Gasteiger partial charge in [0.05, 0.1) is 11.6 Å². The van der Waals surface area contributed by atoms with Gasteiger partial charge in [-0.25, -0.2) is 17.2 Å². The summed E-state index contributed by atoms with van der Waals surface area (Å²) in [6, 6.07) is 4.58. The molecular weight excluding hydrogens is 637 g/mol. The van der Waals surface area contributed by atoms with Crippen molar-refractivity contribution in [2.75, 3.05) is 13.1 Å². The van der Waals surface area contributed by atoms with Crippen LogP contribution in [-0.2, 0) is 30.8 Å². The van der Waals surface area contributed by atoms with E-state index < -0.39 is 51.7 Å². The monoisotopic (exact) mass is 668 g/mol. The predicted molar refractivity (Wildman–Crippen MR) is 158 cm³/mol. The highest BCUT2D eigenvalue weighted by atomic mass is 35.5. The lowest BCUT2D eigenvalue weighted by molar-refractivity contribution is -0.168. The van der Waals surface area contributed by atoms with Gasteiger partial charge >= 0.3 is 0 Å². The van der Waals surface area contributed by atoms with E-state index in [1.807, 2.05) is 0 Å². The Balaban J connectivity index is 1.42. The molecule has 1 N–H and O–H groups in total. The lowest BCUT2D eigenvalue weighted by Gasteiger charge is -2.53. The molecule has 3 atom stereocenters. The maximum Gasteiger partial charge on any atom is 0.248 e. The average Bonchev–Trinajstić information content (AvgIpc) is 3.83. The summed E-state index contributed by atoms with van der Waals surface area (Å²) < 4.78 is 57.6. The Morgan fingerprint density at radius 2 is 1.64 bits per heavy atom. The zero-order valence-corrected chi connectivity index (χ0v) is 26.1. The molecule has 0 aromatic heterocycles. The molecule has 14 heteroatoms. The number of fused-ring (bicyclic) bond motifs is 1. The molecule has 9 nitrogen and oxygen atoms in total. The molecule has 2 heterocycles. The van der Waals surface area contributed by atoms with Crippen molar-refractivity contribution in [2.45, 2.75) is 80.6 Å². The molecular formula is C30H32Cl2F2N4O5S. The fraction of sp³-hybridized carbons (Fsp3) is 0.500. The summed E-state index contributed by atoms with van der Waals surface area (Å²) in [5.74, 6) is -3.84. The number of carbonyl (C=O) groups is 3. The first kappa shape index (κ1) is 31.2. The first-order chi connectivity index (χ1) is 21.0. The molecule has 0 spiro atoms. The van der Waals surface area contributed by atoms with Crippen molar-refractivity contribution >= 4 is 50.9 Å². The van der Waals surface area contributed by atoms with Gasteiger partial charge in [0.2, 0.25) is 27.7 Å². The van der Waals surface area contributed by atoms with E-state index in [9.17, 15) is 31.6 Å². The van der Waals surface area contributed by atoms with Gasteiger partial charge in [0.1, 0.15) is 23.1 Å². The van der Waals surface area contributed by atoms with Gasteiger partial charge in [0.15, 0.2) is 11.6 Å². The van der Waals surface area contributed by atoms with Crippen molar-refractivity contribution in [3.05, 3.63) is 63.6 Å². The van der Waals surface area contributed by atoms with Crippen LogP contribution in [0.5, 0.6) is 0 Å². The van der Waals surface area contributed by atoms with E-state index in [0.717, 1.165) is 48.5 Å². The summed E-state index contributed by atoms with van der Waals surface area (Å²) in [5, 5.41) is 2.90. The van der Waals surface area contributed by atoms with Gasteiger partial charge in [0.25, 0.3) is 0 Å². The highest BCUT2D eigenvalue weighted by Gasteiger charge is 2.56. The number of nitrogens with zero attached hydrogens (tertiary/aromatic N) is 3. The molecule has 2 aromatic carbocycles. The van der Waals surface area contributed by atoms with Crippen molar-refractivity contribution in [2.24, 2.45) is 5.92 Å². The van der Waals surface area contributed by atoms with Gasteiger partial charge < -0.3 is 15.1 Å². The van der Waals surface area contributed by atoms with Crippen molar-refractivity contribution in [1.82, 2.24) is 19.4 Å². The van der Waals surface area contributed by atoms with Gasteiger partial charge in [0, 0.05) is 29.9 Å². The molecule has 4 fully saturated rings. The number of piperazine rings is 1. The number of nitrogens with one attached hydrogen (secondary N) is 1. The molecule has 3 amide bonds. The smallest absolute Gasteiger partial charge is 0.248 e. The van der Waals surface area contributed by atoms with Crippen LogP contribution in [0.15, 0.2) is 41.3 Å². The lowest BCUT2D eigenvalue weighted by atomic mass is 9.88. The SMILES string of the molecule is O=C(NC1CN(S(=O)(=O)c2ccc(Cl)cc2Cl)C2CN(C3CC3)C(=O)C(Cc3ccc(F)c(F)c3)N2C1=O)C1CCCCC1. The second-order valence-electron chi connectivity index (χ2n) is 12.0. The van der Waals surface area contributed by atoms with Gasteiger partial charge in [-0.2, -0.15) is 4.31 Å². The van der Waals surface area contributed by atoms with Crippen LogP contribution < -0.4 is 5.32 Å². The number of hydrogen-bond acceptors (Lipinski definition) is 5. The standard InChI is InChI=1S/C30H32Cl2F2N4O5S/c31-19-7-11-26(21(32)14-19)44(42,43)37-15-24(35-28(39)18-4-2-1-3-5-18)29(40)38-25(13-17-6-10-22(33)23(34)12-17)30(41)36(16-27(37)38)20-8-9-20/h6-7,10-12,14,18,20,24-25,27H,1-5,8-9,13,15-16H2,(H,35,39). The van der Waals surface area contributed by atoms with Crippen LogP contribution in [-0.4, -0.2) is 77.6 Å². The quantitative estimate of drug-likeness (QED) is 0.478. The zero-order chi connectivity index (χ0) is 31.3. The topological polar surface area (TPSA) is 107 Å². The number of amides is 3. The van der Waals surface area contributed by atoms with Gasteiger partial charge in [-0.05, 0) is 61.6 Å². The fourth-order valence-corrected chi connectivity index (χ4v) is 8.92. The summed E-state index contributed by atoms with van der Waals surface area (Å²) in [7, 11) is -4.40. The van der Waals surface area contributed by atoms with Crippen LogP contribution in [0.3, 0.4) is 0 Å². The number of sulfonamides is 1. The molecule has 6 rings (SSSR count). The molecule has 3 unspecified atom stereocenters. The zero-order valence-electron chi connectivity index (χ0n) is 23.7. The summed E-state index contributed by atoms with van der Waals surface area (Å²) >= 11 is 12.4. The van der Waals surface area contributed by atoms with E-state index in [-0.39, 0.29) is 57.9 Å². The second-order valence-corrected chi connectivity index (χ2v) is 14.7. The molecule has 2 aliphatic carbocycles. The van der Waals surface area contributed by atoms with E-state index in [1.165, 1.54) is 29.2 Å². The largest absolute Gasteiger partial charge is 0.343 e. The van der Waals surface area contributed by atoms with E-state index in [2.05, 4.69) is 5.32 Å². The normalized spacial score (nSPS) is 25.2. The predicted octanol–water partition coefficient (Wildman–Crippen LogP) is 4.11. The Kier molecular flexibility index (Phi) is 8.64. The summed E-state index contributed by atoms with van der Waals surface area (Å²) in [6.07, 6.45) is 4.23. The summed E-state index contributed by atoms with van der Waals surface area (Å²) in [5.41, 5.74) is 0.259. The number of carbonyl (C=O) groups excluding carboxylic acids is 3. The van der Waals surface area contributed by atoms with Crippen LogP contribution in [0.4, 0.5) is 8.78 Å². The molecule has 4 aliphatic rings. The Labute approximate surface area is 264 Å². The number of halogens is 4. The molecule has 0 radical (unpaired) electrons. The van der Waals surface area contributed by atoms with Crippen LogP contribution >= 0.6 is 23.2 Å². The maximum atomic E-state index is 14.3. The highest BCUT2D eigenvalue weighted by molar-refractivity contribution is 7.89. The van der Waals surface area contributed by atoms with E-state index in [0.29, 0.717) is 12.8 Å². The Morgan fingerprint density at radius 3 is 2.30 bits per heavy atom. The van der Waals surface area contributed by atoms with Crippen LogP contribution in [0, 0.1) is 17.6 Å². The highest BCUT2D eigenvalue weighted by Crippen LogP contribution is 2.38. The van der Waals surface area contributed by atoms with Gasteiger partial charge in [-0.1, -0.05) is 48.5 Å². The Hall–Kier alpha value is -2.80. The Morgan fingerprint density at radius 1 is 0.909 bits per heavy atom. The third-order valence-corrected chi connectivity index (χ3v) is 11.6. The van der Waals surface area contributed by atoms with Crippen molar-refractivity contribution in [3.63, 3.8) is 0 Å². The van der Waals surface area contributed by atoms with E-state index >= 15 is 0 Å². The molecule has 2 saturated heterocycles. The average molecular weight is 670 g/mol. The van der Waals surface area contributed by atoms with Crippen LogP contribution in [0.25, 0.3) is 0 Å².